The molecule has 0 unspecified atom stereocenters. The first-order valence-corrected chi connectivity index (χ1v) is 11.3. The number of nitrogens with zero attached hydrogens (tertiary/aromatic N) is 4. The summed E-state index contributed by atoms with van der Waals surface area (Å²) in [6, 6.07) is 14.5. The van der Waals surface area contributed by atoms with Crippen LogP contribution in [-0.4, -0.2) is 52.6 Å². The van der Waals surface area contributed by atoms with E-state index in [0.29, 0.717) is 41.3 Å². The normalized spacial score (nSPS) is 20.4. The molecule has 2 amide bonds. The zero-order valence-electron chi connectivity index (χ0n) is 18.1. The molecule has 3 aromatic rings. The molecule has 0 aliphatic carbocycles. The van der Waals surface area contributed by atoms with Crippen LogP contribution in [0.15, 0.2) is 53.1 Å². The van der Waals surface area contributed by atoms with E-state index in [1.807, 2.05) is 24.3 Å². The quantitative estimate of drug-likeness (QED) is 0.579. The molecule has 2 atom stereocenters. The van der Waals surface area contributed by atoms with Crippen LogP contribution < -0.4 is 9.64 Å². The van der Waals surface area contributed by atoms with Crippen molar-refractivity contribution in [1.82, 2.24) is 15.0 Å². The lowest BCUT2D eigenvalue weighted by Gasteiger charge is -2.36. The topological polar surface area (TPSA) is 88.8 Å². The third-order valence-electron chi connectivity index (χ3n) is 6.03. The van der Waals surface area contributed by atoms with Crippen LogP contribution in [0, 0.1) is 0 Å². The summed E-state index contributed by atoms with van der Waals surface area (Å²) in [5, 5.41) is 4.74. The van der Waals surface area contributed by atoms with Crippen LogP contribution in [0.25, 0.3) is 11.4 Å². The molecule has 1 aromatic heterocycles. The molecule has 0 radical (unpaired) electrons. The number of hydrogen-bond acceptors (Lipinski definition) is 6. The summed E-state index contributed by atoms with van der Waals surface area (Å²) in [5.74, 6) is 1.22. The van der Waals surface area contributed by atoms with Gasteiger partial charge in [-0.2, -0.15) is 4.98 Å². The van der Waals surface area contributed by atoms with Crippen molar-refractivity contribution in [2.24, 2.45) is 0 Å². The number of ether oxygens (including phenoxy) is 1. The largest absolute Gasteiger partial charge is 0.479 e. The molecule has 0 spiro atoms. The molecule has 2 aliphatic heterocycles. The minimum atomic E-state index is -0.633. The summed E-state index contributed by atoms with van der Waals surface area (Å²) in [5.41, 5.74) is 1.43. The Bertz CT molecular complexity index is 1180. The fourth-order valence-corrected chi connectivity index (χ4v) is 4.41. The number of amides is 2. The number of anilines is 1. The van der Waals surface area contributed by atoms with Crippen molar-refractivity contribution >= 4 is 29.1 Å². The van der Waals surface area contributed by atoms with Crippen LogP contribution in [0.4, 0.5) is 5.69 Å². The molecule has 5 rings (SSSR count). The predicted molar refractivity (Wildman–Crippen MR) is 122 cm³/mol. The fraction of sp³-hybridized carbons (Fsp3) is 0.333. The highest BCUT2D eigenvalue weighted by Crippen LogP contribution is 2.34. The second kappa shape index (κ2) is 8.86. The zero-order valence-corrected chi connectivity index (χ0v) is 18.9. The van der Waals surface area contributed by atoms with Crippen molar-refractivity contribution in [2.75, 3.05) is 24.5 Å². The lowest BCUT2D eigenvalue weighted by molar-refractivity contribution is -0.134. The average Bonchev–Trinajstić information content (AvgIpc) is 3.33. The molecule has 2 aliphatic rings. The number of likely N-dealkylation sites (tertiary alicyclic amines) is 1. The molecule has 1 fully saturated rings. The number of hydrogen-bond donors (Lipinski definition) is 0. The van der Waals surface area contributed by atoms with Crippen molar-refractivity contribution in [2.45, 2.75) is 31.8 Å². The van der Waals surface area contributed by atoms with E-state index in [2.05, 4.69) is 10.1 Å². The lowest BCUT2D eigenvalue weighted by atomic mass is 9.98. The summed E-state index contributed by atoms with van der Waals surface area (Å²) < 4.78 is 11.2. The summed E-state index contributed by atoms with van der Waals surface area (Å²) in [7, 11) is 0. The monoisotopic (exact) mass is 466 g/mol. The highest BCUT2D eigenvalue weighted by Gasteiger charge is 2.35. The summed E-state index contributed by atoms with van der Waals surface area (Å²) in [6.07, 6.45) is 1.04. The lowest BCUT2D eigenvalue weighted by Crippen LogP contribution is -2.51. The smallest absolute Gasteiger partial charge is 0.268 e. The molecule has 33 heavy (non-hydrogen) atoms. The number of carbonyl (C=O) groups excluding carboxylic acids is 2. The first-order chi connectivity index (χ1) is 16.0. The Hall–Kier alpha value is -3.39. The Labute approximate surface area is 196 Å². The van der Waals surface area contributed by atoms with E-state index in [1.165, 1.54) is 4.90 Å². The molecule has 9 heteroatoms. The summed E-state index contributed by atoms with van der Waals surface area (Å²) in [6.45, 7) is 2.76. The number of fused-ring (bicyclic) bond motifs is 1. The van der Waals surface area contributed by atoms with Gasteiger partial charge in [-0.05, 0) is 56.2 Å². The number of aromatic nitrogens is 2. The Kier molecular flexibility index (Phi) is 5.76. The van der Waals surface area contributed by atoms with Crippen molar-refractivity contribution < 1.29 is 18.8 Å². The standard InChI is InChI=1S/C24H23ClN4O4/c1-15-24(31)29(19-6-2-3-7-20(19)32-15)14-21(30)28-12-4-5-17(13-28)23-26-22(27-33-23)16-8-10-18(25)11-9-16/h2-3,6-11,15,17H,4-5,12-14H2,1H3/t15-,17-/m1/s1. The maximum absolute atomic E-state index is 13.2. The Morgan fingerprint density at radius 1 is 1.18 bits per heavy atom. The van der Waals surface area contributed by atoms with Crippen LogP contribution in [0.3, 0.4) is 0 Å². The highest BCUT2D eigenvalue weighted by molar-refractivity contribution is 6.30. The third-order valence-corrected chi connectivity index (χ3v) is 6.29. The Morgan fingerprint density at radius 3 is 2.79 bits per heavy atom. The van der Waals surface area contributed by atoms with E-state index in [0.717, 1.165) is 18.4 Å². The first-order valence-electron chi connectivity index (χ1n) is 10.9. The van der Waals surface area contributed by atoms with Crippen molar-refractivity contribution in [1.29, 1.82) is 0 Å². The van der Waals surface area contributed by atoms with E-state index in [1.54, 1.807) is 36.1 Å². The minimum Gasteiger partial charge on any atom is -0.479 e. The number of halogens is 1. The first kappa shape index (κ1) is 21.5. The zero-order chi connectivity index (χ0) is 22.9. The van der Waals surface area contributed by atoms with Crippen molar-refractivity contribution in [3.05, 3.63) is 59.4 Å². The molecule has 0 bridgehead atoms. The fourth-order valence-electron chi connectivity index (χ4n) is 4.28. The molecule has 0 saturated carbocycles. The average molecular weight is 467 g/mol. The molecule has 0 N–H and O–H groups in total. The number of piperidine rings is 1. The van der Waals surface area contributed by atoms with Crippen LogP contribution in [-0.2, 0) is 9.59 Å². The highest BCUT2D eigenvalue weighted by atomic mass is 35.5. The Balaban J connectivity index is 1.29. The van der Waals surface area contributed by atoms with Crippen LogP contribution >= 0.6 is 11.6 Å². The summed E-state index contributed by atoms with van der Waals surface area (Å²) in [4.78, 5) is 33.8. The Morgan fingerprint density at radius 2 is 1.97 bits per heavy atom. The van der Waals surface area contributed by atoms with Gasteiger partial charge in [0.15, 0.2) is 6.10 Å². The molecule has 8 nitrogen and oxygen atoms in total. The number of para-hydroxylation sites is 2. The molecule has 1 saturated heterocycles. The second-order valence-electron chi connectivity index (χ2n) is 8.29. The third kappa shape index (κ3) is 4.30. The van der Waals surface area contributed by atoms with Crippen LogP contribution in [0.1, 0.15) is 31.6 Å². The summed E-state index contributed by atoms with van der Waals surface area (Å²) >= 11 is 5.95. The molecule has 2 aromatic carbocycles. The maximum Gasteiger partial charge on any atom is 0.268 e. The number of rotatable bonds is 4. The van der Waals surface area contributed by atoms with Gasteiger partial charge >= 0.3 is 0 Å². The van der Waals surface area contributed by atoms with Gasteiger partial charge in [0.25, 0.3) is 5.91 Å². The predicted octanol–water partition coefficient (Wildman–Crippen LogP) is 3.91. The van der Waals surface area contributed by atoms with Gasteiger partial charge in [-0.25, -0.2) is 0 Å². The van der Waals surface area contributed by atoms with Gasteiger partial charge in [0.1, 0.15) is 12.3 Å². The molecular weight excluding hydrogens is 444 g/mol. The molecular formula is C24H23ClN4O4. The van der Waals surface area contributed by atoms with E-state index >= 15 is 0 Å². The van der Waals surface area contributed by atoms with Gasteiger partial charge in [-0.1, -0.05) is 28.9 Å². The number of benzene rings is 2. The van der Waals surface area contributed by atoms with Gasteiger partial charge in [0, 0.05) is 23.7 Å². The van der Waals surface area contributed by atoms with Gasteiger partial charge in [-0.15, -0.1) is 0 Å². The van der Waals surface area contributed by atoms with Crippen LogP contribution in [0.2, 0.25) is 5.02 Å². The van der Waals surface area contributed by atoms with E-state index < -0.39 is 6.10 Å². The van der Waals surface area contributed by atoms with Crippen molar-refractivity contribution in [3.8, 4) is 17.1 Å². The van der Waals surface area contributed by atoms with Gasteiger partial charge in [0.05, 0.1) is 11.6 Å². The van der Waals surface area contributed by atoms with Gasteiger partial charge in [-0.3, -0.25) is 14.5 Å². The molecule has 170 valence electrons. The van der Waals surface area contributed by atoms with Crippen molar-refractivity contribution in [3.63, 3.8) is 0 Å². The van der Waals surface area contributed by atoms with E-state index in [-0.39, 0.29) is 24.3 Å². The maximum atomic E-state index is 13.2. The number of carbonyl (C=O) groups is 2. The van der Waals surface area contributed by atoms with E-state index in [9.17, 15) is 9.59 Å². The second-order valence-corrected chi connectivity index (χ2v) is 8.73. The van der Waals surface area contributed by atoms with Crippen LogP contribution in [0.5, 0.6) is 5.75 Å². The van der Waals surface area contributed by atoms with Gasteiger partial charge in [0.2, 0.25) is 17.6 Å². The SMILES string of the molecule is C[C@H]1Oc2ccccc2N(CC(=O)N2CCC[C@@H](c3nc(-c4ccc(Cl)cc4)no3)C2)C1=O. The minimum absolute atomic E-state index is 0.0316. The van der Waals surface area contributed by atoms with E-state index in [4.69, 9.17) is 20.9 Å². The van der Waals surface area contributed by atoms with Gasteiger partial charge < -0.3 is 14.2 Å². The molecule has 3 heterocycles.